The second kappa shape index (κ2) is 13.0. The summed E-state index contributed by atoms with van der Waals surface area (Å²) in [6.45, 7) is 7.61. The Hall–Kier alpha value is -1.27. The van der Waals surface area contributed by atoms with Crippen LogP contribution in [0.1, 0.15) is 30.0 Å². The first kappa shape index (κ1) is 23.8. The third kappa shape index (κ3) is 8.09. The molecule has 27 heavy (non-hydrogen) atoms. The van der Waals surface area contributed by atoms with E-state index in [4.69, 9.17) is 9.73 Å². The van der Waals surface area contributed by atoms with E-state index in [2.05, 4.69) is 25.4 Å². The molecule has 0 aliphatic heterocycles. The molecule has 0 aromatic carbocycles. The summed E-state index contributed by atoms with van der Waals surface area (Å²) in [7, 11) is 4.01. The number of thiazole rings is 1. The van der Waals surface area contributed by atoms with Crippen molar-refractivity contribution in [3.63, 3.8) is 0 Å². The van der Waals surface area contributed by atoms with E-state index in [1.165, 1.54) is 0 Å². The van der Waals surface area contributed by atoms with Crippen LogP contribution in [0.25, 0.3) is 0 Å². The topological polar surface area (TPSA) is 80.5 Å². The molecular weight excluding hydrogens is 477 g/mol. The molecule has 0 unspecified atom stereocenters. The average Bonchev–Trinajstić information content (AvgIpc) is 3.27. The minimum atomic E-state index is 0. The van der Waals surface area contributed by atoms with Crippen LogP contribution in [0.4, 0.5) is 0 Å². The quantitative estimate of drug-likeness (QED) is 0.230. The van der Waals surface area contributed by atoms with Gasteiger partial charge in [0.1, 0.15) is 12.4 Å². The Kier molecular flexibility index (Phi) is 11.4. The zero-order chi connectivity index (χ0) is 18.8. The largest absolute Gasteiger partial charge is 0.382 e. The van der Waals surface area contributed by atoms with Crippen LogP contribution < -0.4 is 5.32 Å². The van der Waals surface area contributed by atoms with Gasteiger partial charge in [0.05, 0.1) is 5.01 Å². The van der Waals surface area contributed by atoms with Gasteiger partial charge in [0.15, 0.2) is 11.8 Å². The fraction of sp³-hybridized carbons (Fsp3) is 0.647. The molecule has 0 fully saturated rings. The predicted molar refractivity (Wildman–Crippen MR) is 120 cm³/mol. The van der Waals surface area contributed by atoms with Gasteiger partial charge in [-0.15, -0.1) is 45.5 Å². The number of hydrogen-bond acceptors (Lipinski definition) is 6. The third-order valence-electron chi connectivity index (χ3n) is 4.01. The Bertz CT molecular complexity index is 675. The van der Waals surface area contributed by atoms with Crippen molar-refractivity contribution in [1.29, 1.82) is 0 Å². The Balaban J connectivity index is 0.00000364. The summed E-state index contributed by atoms with van der Waals surface area (Å²) in [5.74, 6) is 2.60. The number of ether oxygens (including phenoxy) is 1. The van der Waals surface area contributed by atoms with Gasteiger partial charge in [-0.05, 0) is 20.3 Å². The molecule has 2 aromatic rings. The molecule has 0 amide bonds. The van der Waals surface area contributed by atoms with E-state index in [9.17, 15) is 0 Å². The molecule has 10 heteroatoms. The van der Waals surface area contributed by atoms with E-state index in [1.54, 1.807) is 11.3 Å². The maximum Gasteiger partial charge on any atom is 0.194 e. The van der Waals surface area contributed by atoms with Gasteiger partial charge in [0, 0.05) is 58.4 Å². The third-order valence-corrected chi connectivity index (χ3v) is 4.85. The second-order valence-corrected chi connectivity index (χ2v) is 6.92. The molecule has 2 heterocycles. The highest BCUT2D eigenvalue weighted by molar-refractivity contribution is 14.0. The van der Waals surface area contributed by atoms with Gasteiger partial charge in [-0.2, -0.15) is 0 Å². The number of guanidine groups is 1. The first-order chi connectivity index (χ1) is 12.6. The van der Waals surface area contributed by atoms with Gasteiger partial charge in [-0.1, -0.05) is 0 Å². The van der Waals surface area contributed by atoms with E-state index < -0.39 is 0 Å². The van der Waals surface area contributed by atoms with Gasteiger partial charge in [0.25, 0.3) is 0 Å². The van der Waals surface area contributed by atoms with Crippen LogP contribution in [0.2, 0.25) is 0 Å². The van der Waals surface area contributed by atoms with E-state index in [0.29, 0.717) is 6.54 Å². The number of hydrogen-bond donors (Lipinski definition) is 1. The van der Waals surface area contributed by atoms with Crippen molar-refractivity contribution in [2.24, 2.45) is 12.0 Å². The standard InChI is InChI=1S/C17H29N7OS.HI/c1-5-25-11-6-8-19-17(20-13-15-22-21-14(2)24(15)4)23(3)10-7-16-18-9-12-26-16;/h9,12H,5-8,10-11,13H2,1-4H3,(H,19,20);1H. The van der Waals surface area contributed by atoms with Gasteiger partial charge in [-0.3, -0.25) is 0 Å². The molecule has 2 rings (SSSR count). The summed E-state index contributed by atoms with van der Waals surface area (Å²) in [5, 5.41) is 14.8. The number of aromatic nitrogens is 4. The first-order valence-electron chi connectivity index (χ1n) is 8.92. The highest BCUT2D eigenvalue weighted by Crippen LogP contribution is 2.06. The van der Waals surface area contributed by atoms with Crippen molar-refractivity contribution < 1.29 is 4.74 Å². The lowest BCUT2D eigenvalue weighted by molar-refractivity contribution is 0.145. The summed E-state index contributed by atoms with van der Waals surface area (Å²) in [5.41, 5.74) is 0. The molecule has 0 radical (unpaired) electrons. The van der Waals surface area contributed by atoms with Crippen molar-refractivity contribution >= 4 is 41.3 Å². The van der Waals surface area contributed by atoms with Crippen molar-refractivity contribution in [3.05, 3.63) is 28.2 Å². The number of halogens is 1. The van der Waals surface area contributed by atoms with E-state index in [0.717, 1.165) is 61.8 Å². The smallest absolute Gasteiger partial charge is 0.194 e. The van der Waals surface area contributed by atoms with Gasteiger partial charge >= 0.3 is 0 Å². The molecule has 152 valence electrons. The lowest BCUT2D eigenvalue weighted by Crippen LogP contribution is -2.40. The van der Waals surface area contributed by atoms with Crippen LogP contribution in [-0.2, 0) is 24.8 Å². The van der Waals surface area contributed by atoms with Crippen molar-refractivity contribution in [2.75, 3.05) is 33.4 Å². The minimum Gasteiger partial charge on any atom is -0.382 e. The maximum absolute atomic E-state index is 5.40. The summed E-state index contributed by atoms with van der Waals surface area (Å²) in [6.07, 6.45) is 3.69. The molecule has 8 nitrogen and oxygen atoms in total. The van der Waals surface area contributed by atoms with Crippen LogP contribution in [-0.4, -0.2) is 64.0 Å². The molecule has 0 saturated carbocycles. The van der Waals surface area contributed by atoms with Crippen LogP contribution in [0, 0.1) is 6.92 Å². The van der Waals surface area contributed by atoms with Crippen LogP contribution in [0.3, 0.4) is 0 Å². The lowest BCUT2D eigenvalue weighted by atomic mass is 10.4. The molecule has 0 bridgehead atoms. The SMILES string of the molecule is CCOCCCNC(=NCc1nnc(C)n1C)N(C)CCc1nccs1.I. The van der Waals surface area contributed by atoms with E-state index in [-0.39, 0.29) is 24.0 Å². The summed E-state index contributed by atoms with van der Waals surface area (Å²) in [6, 6.07) is 0. The number of aliphatic imine (C=N–C) groups is 1. The Morgan fingerprint density at radius 2 is 2.22 bits per heavy atom. The zero-order valence-electron chi connectivity index (χ0n) is 16.5. The van der Waals surface area contributed by atoms with E-state index in [1.807, 2.05) is 44.1 Å². The van der Waals surface area contributed by atoms with Crippen LogP contribution in [0.5, 0.6) is 0 Å². The van der Waals surface area contributed by atoms with Crippen LogP contribution in [0.15, 0.2) is 16.6 Å². The highest BCUT2D eigenvalue weighted by Gasteiger charge is 2.09. The molecule has 0 aliphatic rings. The van der Waals surface area contributed by atoms with Gasteiger partial charge in [0.2, 0.25) is 0 Å². The molecule has 2 aromatic heterocycles. The summed E-state index contributed by atoms with van der Waals surface area (Å²) >= 11 is 1.68. The van der Waals surface area contributed by atoms with Crippen molar-refractivity contribution in [2.45, 2.75) is 33.2 Å². The minimum absolute atomic E-state index is 0. The molecule has 0 aliphatic carbocycles. The van der Waals surface area contributed by atoms with Crippen molar-refractivity contribution in [1.82, 2.24) is 30.0 Å². The maximum atomic E-state index is 5.40. The summed E-state index contributed by atoms with van der Waals surface area (Å²) < 4.78 is 7.36. The fourth-order valence-corrected chi connectivity index (χ4v) is 2.92. The average molecular weight is 507 g/mol. The molecule has 1 N–H and O–H groups in total. The molecule has 0 atom stereocenters. The fourth-order valence-electron chi connectivity index (χ4n) is 2.31. The number of aryl methyl sites for hydroxylation is 1. The Morgan fingerprint density at radius 3 is 2.85 bits per heavy atom. The lowest BCUT2D eigenvalue weighted by Gasteiger charge is -2.22. The van der Waals surface area contributed by atoms with Crippen LogP contribution >= 0.6 is 35.3 Å². The Labute approximate surface area is 182 Å². The van der Waals surface area contributed by atoms with Gasteiger partial charge in [-0.25, -0.2) is 9.98 Å². The number of nitrogens with one attached hydrogen (secondary N) is 1. The zero-order valence-corrected chi connectivity index (χ0v) is 19.7. The normalized spacial score (nSPS) is 11.3. The highest BCUT2D eigenvalue weighted by atomic mass is 127. The first-order valence-corrected chi connectivity index (χ1v) is 9.80. The Morgan fingerprint density at radius 1 is 1.41 bits per heavy atom. The predicted octanol–water partition coefficient (Wildman–Crippen LogP) is 2.24. The van der Waals surface area contributed by atoms with Crippen molar-refractivity contribution in [3.8, 4) is 0 Å². The summed E-state index contributed by atoms with van der Waals surface area (Å²) in [4.78, 5) is 11.2. The monoisotopic (exact) mass is 507 g/mol. The second-order valence-electron chi connectivity index (χ2n) is 5.94. The van der Waals surface area contributed by atoms with E-state index >= 15 is 0 Å². The molecule has 0 spiro atoms. The van der Waals surface area contributed by atoms with Gasteiger partial charge < -0.3 is 19.5 Å². The molecule has 0 saturated heterocycles. The number of nitrogens with zero attached hydrogens (tertiary/aromatic N) is 6. The number of rotatable bonds is 10. The number of likely N-dealkylation sites (N-methyl/N-ethyl adjacent to an activating group) is 1. The molecular formula is C17H30IN7OS.